The van der Waals surface area contributed by atoms with Crippen LogP contribution in [0.15, 0.2) is 15.4 Å². The quantitative estimate of drug-likeness (QED) is 0.837. The van der Waals surface area contributed by atoms with E-state index in [1.165, 1.54) is 0 Å². The molecule has 1 aliphatic rings. The van der Waals surface area contributed by atoms with Crippen LogP contribution in [0.2, 0.25) is 0 Å². The van der Waals surface area contributed by atoms with Gasteiger partial charge in [-0.1, -0.05) is 20.3 Å². The molecule has 1 fully saturated rings. The molecular formula is C14H25N3O3S. The number of hydrazine groups is 1. The number of sulfonamides is 1. The van der Waals surface area contributed by atoms with Crippen molar-refractivity contribution in [3.63, 3.8) is 0 Å². The first-order chi connectivity index (χ1) is 9.88. The van der Waals surface area contributed by atoms with E-state index < -0.39 is 10.0 Å². The molecule has 21 heavy (non-hydrogen) atoms. The Kier molecular flexibility index (Phi) is 5.43. The largest absolute Gasteiger partial charge is 0.464 e. The van der Waals surface area contributed by atoms with Crippen LogP contribution >= 0.6 is 0 Å². The minimum absolute atomic E-state index is 0.230. The number of nitrogens with one attached hydrogen (secondary N) is 2. The summed E-state index contributed by atoms with van der Waals surface area (Å²) in [5.74, 6) is 1.07. The molecule has 1 aromatic rings. The molecule has 7 heteroatoms. The summed E-state index contributed by atoms with van der Waals surface area (Å²) in [4.78, 5) is 2.89. The molecule has 0 atom stereocenters. The number of piperidine rings is 1. The summed E-state index contributed by atoms with van der Waals surface area (Å²) in [5, 5.41) is 4.99. The molecule has 0 aliphatic carbocycles. The maximum atomic E-state index is 12.4. The summed E-state index contributed by atoms with van der Waals surface area (Å²) in [6.45, 7) is 7.80. The van der Waals surface area contributed by atoms with Gasteiger partial charge in [0.15, 0.2) is 0 Å². The van der Waals surface area contributed by atoms with Crippen LogP contribution in [0.25, 0.3) is 0 Å². The smallest absolute Gasteiger partial charge is 0.256 e. The van der Waals surface area contributed by atoms with E-state index in [9.17, 15) is 8.42 Å². The molecule has 0 aromatic carbocycles. The Labute approximate surface area is 126 Å². The van der Waals surface area contributed by atoms with E-state index in [4.69, 9.17) is 4.42 Å². The third-order valence-electron chi connectivity index (χ3n) is 3.50. The van der Waals surface area contributed by atoms with Gasteiger partial charge < -0.3 is 9.73 Å². The molecular weight excluding hydrogens is 290 g/mol. The maximum Gasteiger partial charge on any atom is 0.256 e. The van der Waals surface area contributed by atoms with Crippen molar-refractivity contribution in [2.45, 2.75) is 57.5 Å². The molecule has 0 spiro atoms. The number of nitrogens with zero attached hydrogens (tertiary/aromatic N) is 1. The average molecular weight is 315 g/mol. The molecule has 2 rings (SSSR count). The van der Waals surface area contributed by atoms with Crippen molar-refractivity contribution >= 4 is 10.0 Å². The molecule has 0 radical (unpaired) electrons. The Morgan fingerprint density at radius 3 is 2.57 bits per heavy atom. The van der Waals surface area contributed by atoms with Crippen molar-refractivity contribution in [1.29, 1.82) is 0 Å². The fourth-order valence-corrected chi connectivity index (χ4v) is 3.71. The molecule has 1 aromatic heterocycles. The highest BCUT2D eigenvalue weighted by Gasteiger charge is 2.24. The van der Waals surface area contributed by atoms with Crippen LogP contribution in [-0.2, 0) is 16.6 Å². The van der Waals surface area contributed by atoms with E-state index in [1.807, 2.05) is 13.8 Å². The van der Waals surface area contributed by atoms with Crippen molar-refractivity contribution < 1.29 is 12.8 Å². The lowest BCUT2D eigenvalue weighted by atomic mass is 10.2. The molecule has 6 nitrogen and oxygen atoms in total. The van der Waals surface area contributed by atoms with Gasteiger partial charge in [-0.2, -0.15) is 0 Å². The summed E-state index contributed by atoms with van der Waals surface area (Å²) >= 11 is 0. The van der Waals surface area contributed by atoms with Crippen LogP contribution in [0.3, 0.4) is 0 Å². The fraction of sp³-hybridized carbons (Fsp3) is 0.714. The number of aryl methyl sites for hydroxylation is 1. The van der Waals surface area contributed by atoms with Crippen LogP contribution in [-0.4, -0.2) is 32.6 Å². The second-order valence-corrected chi connectivity index (χ2v) is 7.44. The lowest BCUT2D eigenvalue weighted by Gasteiger charge is -2.26. The third kappa shape index (κ3) is 4.54. The normalized spacial score (nSPS) is 17.5. The summed E-state index contributed by atoms with van der Waals surface area (Å²) in [6, 6.07) is 1.93. The molecule has 0 unspecified atom stereocenters. The summed E-state index contributed by atoms with van der Waals surface area (Å²) in [5.41, 5.74) is 0. The lowest BCUT2D eigenvalue weighted by molar-refractivity contribution is 0.200. The van der Waals surface area contributed by atoms with Gasteiger partial charge in [-0.25, -0.2) is 13.4 Å². The van der Waals surface area contributed by atoms with Crippen molar-refractivity contribution in [3.05, 3.63) is 17.6 Å². The lowest BCUT2D eigenvalue weighted by Crippen LogP contribution is -2.44. The third-order valence-corrected chi connectivity index (χ3v) is 4.99. The summed E-state index contributed by atoms with van der Waals surface area (Å²) < 4.78 is 30.4. The minimum atomic E-state index is -3.55. The van der Waals surface area contributed by atoms with Gasteiger partial charge in [-0.15, -0.1) is 4.83 Å². The highest BCUT2D eigenvalue weighted by Crippen LogP contribution is 2.21. The van der Waals surface area contributed by atoms with Gasteiger partial charge in [-0.05, 0) is 19.8 Å². The molecule has 0 bridgehead atoms. The van der Waals surface area contributed by atoms with Crippen LogP contribution in [0.4, 0.5) is 0 Å². The van der Waals surface area contributed by atoms with E-state index in [0.717, 1.165) is 32.4 Å². The minimum Gasteiger partial charge on any atom is -0.464 e. The Morgan fingerprint density at radius 1 is 1.29 bits per heavy atom. The van der Waals surface area contributed by atoms with E-state index in [2.05, 4.69) is 10.1 Å². The van der Waals surface area contributed by atoms with E-state index >= 15 is 0 Å². The predicted molar refractivity (Wildman–Crippen MR) is 81.2 cm³/mol. The van der Waals surface area contributed by atoms with Crippen LogP contribution < -0.4 is 10.1 Å². The van der Waals surface area contributed by atoms with Gasteiger partial charge in [0.25, 0.3) is 10.0 Å². The molecule has 1 saturated heterocycles. The Balaban J connectivity index is 2.08. The topological polar surface area (TPSA) is 74.6 Å². The molecule has 0 saturated carbocycles. The van der Waals surface area contributed by atoms with Crippen molar-refractivity contribution in [2.75, 3.05) is 13.1 Å². The predicted octanol–water partition coefficient (Wildman–Crippen LogP) is 1.77. The zero-order chi connectivity index (χ0) is 15.5. The second-order valence-electron chi connectivity index (χ2n) is 5.81. The first-order valence-electron chi connectivity index (χ1n) is 7.48. The van der Waals surface area contributed by atoms with Crippen LogP contribution in [0.5, 0.6) is 0 Å². The molecule has 1 aliphatic heterocycles. The molecule has 2 N–H and O–H groups in total. The highest BCUT2D eigenvalue weighted by molar-refractivity contribution is 7.89. The van der Waals surface area contributed by atoms with Gasteiger partial charge in [0.05, 0.1) is 6.54 Å². The van der Waals surface area contributed by atoms with Crippen molar-refractivity contribution in [1.82, 2.24) is 15.2 Å². The van der Waals surface area contributed by atoms with Gasteiger partial charge in [0.2, 0.25) is 0 Å². The van der Waals surface area contributed by atoms with E-state index in [0.29, 0.717) is 24.1 Å². The zero-order valence-corrected chi connectivity index (χ0v) is 13.8. The number of hydrogen-bond donors (Lipinski definition) is 2. The zero-order valence-electron chi connectivity index (χ0n) is 13.0. The van der Waals surface area contributed by atoms with Crippen LogP contribution in [0.1, 0.15) is 44.6 Å². The van der Waals surface area contributed by atoms with E-state index in [1.54, 1.807) is 18.0 Å². The number of hydrogen-bond acceptors (Lipinski definition) is 5. The Hall–Kier alpha value is -0.890. The second kappa shape index (κ2) is 6.91. The average Bonchev–Trinajstić information content (AvgIpc) is 2.79. The van der Waals surface area contributed by atoms with Gasteiger partial charge >= 0.3 is 0 Å². The Morgan fingerprint density at radius 2 is 1.95 bits per heavy atom. The Bertz CT molecular complexity index is 560. The fourth-order valence-electron chi connectivity index (χ4n) is 2.39. The molecule has 2 heterocycles. The maximum absolute atomic E-state index is 12.4. The van der Waals surface area contributed by atoms with Crippen LogP contribution in [0, 0.1) is 6.92 Å². The molecule has 0 amide bonds. The summed E-state index contributed by atoms with van der Waals surface area (Å²) in [7, 11) is -3.55. The van der Waals surface area contributed by atoms with E-state index in [-0.39, 0.29) is 4.90 Å². The van der Waals surface area contributed by atoms with Crippen molar-refractivity contribution in [2.24, 2.45) is 0 Å². The number of furan rings is 1. The number of rotatable bonds is 6. The summed E-state index contributed by atoms with van der Waals surface area (Å²) in [6.07, 6.45) is 3.21. The SMILES string of the molecule is Cc1oc(CNC(C)C)cc1S(=O)(=O)NN1CCCCC1. The first kappa shape index (κ1) is 16.5. The van der Waals surface area contributed by atoms with Gasteiger partial charge in [0, 0.05) is 25.2 Å². The monoisotopic (exact) mass is 315 g/mol. The highest BCUT2D eigenvalue weighted by atomic mass is 32.2. The van der Waals surface area contributed by atoms with Crippen molar-refractivity contribution in [3.8, 4) is 0 Å². The molecule has 120 valence electrons. The first-order valence-corrected chi connectivity index (χ1v) is 8.97. The van der Waals surface area contributed by atoms with Gasteiger partial charge in [0.1, 0.15) is 16.4 Å². The standard InChI is InChI=1S/C14H25N3O3S/c1-11(2)15-10-13-9-14(12(3)20-13)21(18,19)16-17-7-5-4-6-8-17/h9,11,15-16H,4-8,10H2,1-3H3. The van der Waals surface area contributed by atoms with Gasteiger partial charge in [-0.3, -0.25) is 0 Å².